The lowest BCUT2D eigenvalue weighted by Crippen LogP contribution is -2.15. The smallest absolute Gasteiger partial charge is 0.306 e. The Labute approximate surface area is 105 Å². The van der Waals surface area contributed by atoms with Gasteiger partial charge in [0.2, 0.25) is 5.13 Å². The van der Waals surface area contributed by atoms with Crippen LogP contribution in [0.15, 0.2) is 0 Å². The molecule has 17 heavy (non-hydrogen) atoms. The molecule has 6 heteroatoms. The van der Waals surface area contributed by atoms with E-state index in [-0.39, 0.29) is 11.3 Å². The van der Waals surface area contributed by atoms with Crippen molar-refractivity contribution in [2.45, 2.75) is 39.5 Å². The van der Waals surface area contributed by atoms with Crippen molar-refractivity contribution in [1.29, 1.82) is 0 Å². The first kappa shape index (κ1) is 13.9. The maximum absolute atomic E-state index is 10.6. The van der Waals surface area contributed by atoms with Gasteiger partial charge in [-0.1, -0.05) is 27.7 Å². The Balaban J connectivity index is 2.43. The Kier molecular flexibility index (Phi) is 4.45. The number of carbonyl (C=O) groups is 1. The lowest BCUT2D eigenvalue weighted by Gasteiger charge is -2.12. The zero-order valence-corrected chi connectivity index (χ0v) is 11.5. The van der Waals surface area contributed by atoms with Crippen molar-refractivity contribution in [2.24, 2.45) is 5.92 Å². The van der Waals surface area contributed by atoms with Gasteiger partial charge in [-0.3, -0.25) is 4.79 Å². The Morgan fingerprint density at radius 2 is 2.18 bits per heavy atom. The summed E-state index contributed by atoms with van der Waals surface area (Å²) in [7, 11) is 0. The number of nitrogens with zero attached hydrogens (tertiary/aromatic N) is 2. The monoisotopic (exact) mass is 257 g/mol. The molecule has 0 aromatic carbocycles. The Morgan fingerprint density at radius 3 is 2.65 bits per heavy atom. The van der Waals surface area contributed by atoms with E-state index in [0.29, 0.717) is 13.0 Å². The topological polar surface area (TPSA) is 75.1 Å². The molecule has 5 nitrogen and oxygen atoms in total. The lowest BCUT2D eigenvalue weighted by atomic mass is 9.96. The molecule has 0 amide bonds. The van der Waals surface area contributed by atoms with Crippen molar-refractivity contribution in [3.05, 3.63) is 5.82 Å². The van der Waals surface area contributed by atoms with Gasteiger partial charge in [0.05, 0.1) is 5.92 Å². The standard InChI is InChI=1S/C11H19N3O2S/c1-7(8(15)16)5-6-12-10-13-9(14-17-10)11(2,3)4/h7H,5-6H2,1-4H3,(H,15,16)(H,12,13,14). The molecule has 1 rings (SSSR count). The van der Waals surface area contributed by atoms with Gasteiger partial charge in [0.25, 0.3) is 0 Å². The van der Waals surface area contributed by atoms with Crippen LogP contribution in [0.1, 0.15) is 39.9 Å². The fourth-order valence-electron chi connectivity index (χ4n) is 1.12. The SMILES string of the molecule is CC(CCNc1nc(C(C)(C)C)ns1)C(=O)O. The minimum Gasteiger partial charge on any atom is -0.481 e. The van der Waals surface area contributed by atoms with E-state index in [4.69, 9.17) is 5.11 Å². The van der Waals surface area contributed by atoms with Crippen LogP contribution in [0.3, 0.4) is 0 Å². The van der Waals surface area contributed by atoms with E-state index in [0.717, 1.165) is 11.0 Å². The molecule has 2 N–H and O–H groups in total. The number of rotatable bonds is 5. The van der Waals surface area contributed by atoms with E-state index in [2.05, 4.69) is 35.4 Å². The van der Waals surface area contributed by atoms with Gasteiger partial charge in [-0.2, -0.15) is 4.37 Å². The van der Waals surface area contributed by atoms with Crippen molar-refractivity contribution < 1.29 is 9.90 Å². The number of nitrogens with one attached hydrogen (secondary N) is 1. The molecule has 1 aromatic rings. The normalized spacial score (nSPS) is 13.4. The Bertz CT molecular complexity index is 384. The second kappa shape index (κ2) is 5.44. The molecule has 1 aromatic heterocycles. The first-order valence-electron chi connectivity index (χ1n) is 5.61. The van der Waals surface area contributed by atoms with E-state index in [1.807, 2.05) is 0 Å². The second-order valence-electron chi connectivity index (χ2n) is 5.13. The van der Waals surface area contributed by atoms with Crippen molar-refractivity contribution >= 4 is 22.6 Å². The summed E-state index contributed by atoms with van der Waals surface area (Å²) in [5.74, 6) is -0.284. The fourth-order valence-corrected chi connectivity index (χ4v) is 1.90. The highest BCUT2D eigenvalue weighted by atomic mass is 32.1. The van der Waals surface area contributed by atoms with E-state index in [1.165, 1.54) is 11.5 Å². The number of hydrogen-bond acceptors (Lipinski definition) is 5. The van der Waals surface area contributed by atoms with Crippen molar-refractivity contribution in [2.75, 3.05) is 11.9 Å². The lowest BCUT2D eigenvalue weighted by molar-refractivity contribution is -0.141. The van der Waals surface area contributed by atoms with Crippen molar-refractivity contribution in [3.63, 3.8) is 0 Å². The van der Waals surface area contributed by atoms with Crippen LogP contribution in [0.4, 0.5) is 5.13 Å². The predicted octanol–water partition coefficient (Wildman–Crippen LogP) is 2.36. The highest BCUT2D eigenvalue weighted by molar-refractivity contribution is 7.09. The number of carboxylic acids is 1. The van der Waals surface area contributed by atoms with E-state index in [1.54, 1.807) is 6.92 Å². The summed E-state index contributed by atoms with van der Waals surface area (Å²) in [6.07, 6.45) is 0.583. The summed E-state index contributed by atoms with van der Waals surface area (Å²) >= 11 is 1.32. The molecule has 0 spiro atoms. The van der Waals surface area contributed by atoms with Crippen molar-refractivity contribution in [3.8, 4) is 0 Å². The quantitative estimate of drug-likeness (QED) is 0.847. The van der Waals surface area contributed by atoms with Gasteiger partial charge >= 0.3 is 5.97 Å². The highest BCUT2D eigenvalue weighted by Gasteiger charge is 2.19. The molecule has 0 radical (unpaired) electrons. The second-order valence-corrected chi connectivity index (χ2v) is 5.88. The van der Waals surface area contributed by atoms with Crippen LogP contribution in [-0.4, -0.2) is 27.0 Å². The van der Waals surface area contributed by atoms with Gasteiger partial charge in [0.15, 0.2) is 0 Å². The van der Waals surface area contributed by atoms with Gasteiger partial charge in [-0.25, -0.2) is 4.98 Å². The van der Waals surface area contributed by atoms with Gasteiger partial charge in [-0.05, 0) is 6.42 Å². The maximum Gasteiger partial charge on any atom is 0.306 e. The minimum atomic E-state index is -0.764. The van der Waals surface area contributed by atoms with Crippen LogP contribution >= 0.6 is 11.5 Å². The Hall–Kier alpha value is -1.17. The number of aliphatic carboxylic acids is 1. The summed E-state index contributed by atoms with van der Waals surface area (Å²) < 4.78 is 4.27. The molecule has 1 atom stereocenters. The minimum absolute atomic E-state index is 0.0508. The molecule has 0 aliphatic rings. The van der Waals surface area contributed by atoms with Gasteiger partial charge in [0.1, 0.15) is 5.82 Å². The first-order valence-corrected chi connectivity index (χ1v) is 6.39. The molecule has 1 heterocycles. The van der Waals surface area contributed by atoms with Crippen LogP contribution in [0.2, 0.25) is 0 Å². The van der Waals surface area contributed by atoms with Crippen molar-refractivity contribution in [1.82, 2.24) is 9.36 Å². The summed E-state index contributed by atoms with van der Waals surface area (Å²) in [6.45, 7) is 8.49. The van der Waals surface area contributed by atoms with Gasteiger partial charge in [-0.15, -0.1) is 0 Å². The largest absolute Gasteiger partial charge is 0.481 e. The molecule has 96 valence electrons. The molecule has 0 bridgehead atoms. The van der Waals surface area contributed by atoms with Crippen LogP contribution in [-0.2, 0) is 10.2 Å². The third-order valence-electron chi connectivity index (χ3n) is 2.37. The van der Waals surface area contributed by atoms with Gasteiger partial charge in [0, 0.05) is 23.5 Å². The summed E-state index contributed by atoms with van der Waals surface area (Å²) in [5, 5.41) is 12.6. The van der Waals surface area contributed by atoms with E-state index < -0.39 is 5.97 Å². The molecular weight excluding hydrogens is 238 g/mol. The van der Waals surface area contributed by atoms with Crippen LogP contribution in [0.25, 0.3) is 0 Å². The predicted molar refractivity (Wildman–Crippen MR) is 68.5 cm³/mol. The number of hydrogen-bond donors (Lipinski definition) is 2. The molecule has 0 fully saturated rings. The zero-order valence-electron chi connectivity index (χ0n) is 10.6. The van der Waals surface area contributed by atoms with E-state index >= 15 is 0 Å². The average molecular weight is 257 g/mol. The molecule has 0 saturated carbocycles. The number of anilines is 1. The van der Waals surface area contributed by atoms with E-state index in [9.17, 15) is 4.79 Å². The molecule has 0 aliphatic heterocycles. The third kappa shape index (κ3) is 4.30. The third-order valence-corrected chi connectivity index (χ3v) is 3.04. The highest BCUT2D eigenvalue weighted by Crippen LogP contribution is 2.22. The Morgan fingerprint density at radius 1 is 1.53 bits per heavy atom. The molecule has 0 aliphatic carbocycles. The summed E-state index contributed by atoms with van der Waals surface area (Å²) in [6, 6.07) is 0. The maximum atomic E-state index is 10.6. The molecular formula is C11H19N3O2S. The van der Waals surface area contributed by atoms with Crippen LogP contribution in [0.5, 0.6) is 0 Å². The fraction of sp³-hybridized carbons (Fsp3) is 0.727. The summed E-state index contributed by atoms with van der Waals surface area (Å²) in [4.78, 5) is 15.0. The van der Waals surface area contributed by atoms with Crippen LogP contribution in [0, 0.1) is 5.92 Å². The molecule has 1 unspecified atom stereocenters. The van der Waals surface area contributed by atoms with Gasteiger partial charge < -0.3 is 10.4 Å². The number of carboxylic acid groups (broad SMARTS) is 1. The summed E-state index contributed by atoms with van der Waals surface area (Å²) in [5.41, 5.74) is -0.0508. The zero-order chi connectivity index (χ0) is 13.1. The number of aromatic nitrogens is 2. The average Bonchev–Trinajstić information content (AvgIpc) is 2.65. The first-order chi connectivity index (χ1) is 7.80. The molecule has 0 saturated heterocycles. The van der Waals surface area contributed by atoms with Crippen LogP contribution < -0.4 is 5.32 Å².